The zero-order valence-corrected chi connectivity index (χ0v) is 18.7. The van der Waals surface area contributed by atoms with Crippen LogP contribution in [0.2, 0.25) is 0 Å². The Hall–Kier alpha value is -4.34. The van der Waals surface area contributed by atoms with E-state index in [1.54, 1.807) is 0 Å². The Morgan fingerprint density at radius 2 is 1.83 bits per heavy atom. The van der Waals surface area contributed by atoms with Crippen molar-refractivity contribution >= 4 is 35.5 Å². The number of nitrogens with zero attached hydrogens (tertiary/aromatic N) is 1. The summed E-state index contributed by atoms with van der Waals surface area (Å²) < 4.78 is 15.4. The van der Waals surface area contributed by atoms with Crippen LogP contribution in [0, 0.1) is 0 Å². The zero-order valence-electron chi connectivity index (χ0n) is 18.7. The molecule has 15 nitrogen and oxygen atoms in total. The molecule has 1 aliphatic heterocycles. The quantitative estimate of drug-likeness (QED) is 0.121. The number of benzene rings is 1. The fourth-order valence-corrected chi connectivity index (χ4v) is 3.02. The average Bonchev–Trinajstić information content (AvgIpc) is 2.82. The smallest absolute Gasteiger partial charge is 0.365 e. The minimum Gasteiger partial charge on any atom is -0.872 e. The zero-order chi connectivity index (χ0) is 27.2. The number of hydrogen-bond donors (Lipinski definition) is 5. The summed E-state index contributed by atoms with van der Waals surface area (Å²) in [6, 6.07) is 2.52. The SMILES string of the molecule is C=C1CO[C@@H]([C@](NC(=O)C(C(=O)O)c2ccc([O-])cc2)(OC)C(=O)OC[C@H](N)C(=O)O)N=C1C(=O)O. The van der Waals surface area contributed by atoms with Gasteiger partial charge in [-0.1, -0.05) is 30.8 Å². The lowest BCUT2D eigenvalue weighted by molar-refractivity contribution is -0.268. The van der Waals surface area contributed by atoms with E-state index in [1.165, 1.54) is 0 Å². The number of nitrogens with two attached hydrogens (primary N) is 1. The van der Waals surface area contributed by atoms with Crippen molar-refractivity contribution in [1.82, 2.24) is 5.32 Å². The Balaban J connectivity index is 2.54. The van der Waals surface area contributed by atoms with Crippen molar-refractivity contribution in [2.45, 2.75) is 23.9 Å². The molecule has 0 spiro atoms. The summed E-state index contributed by atoms with van der Waals surface area (Å²) in [5, 5.41) is 41.4. The largest absolute Gasteiger partial charge is 0.872 e. The molecule has 0 fully saturated rings. The van der Waals surface area contributed by atoms with Gasteiger partial charge in [0.1, 0.15) is 12.6 Å². The lowest BCUT2D eigenvalue weighted by atomic mass is 9.97. The third-order valence-electron chi connectivity index (χ3n) is 4.91. The van der Waals surface area contributed by atoms with Gasteiger partial charge in [0.25, 0.3) is 5.72 Å². The Labute approximate surface area is 202 Å². The Bertz CT molecular complexity index is 1100. The van der Waals surface area contributed by atoms with Crippen LogP contribution in [0.25, 0.3) is 0 Å². The van der Waals surface area contributed by atoms with Crippen LogP contribution in [0.15, 0.2) is 41.4 Å². The van der Waals surface area contributed by atoms with Crippen LogP contribution in [0.1, 0.15) is 11.5 Å². The highest BCUT2D eigenvalue weighted by molar-refractivity contribution is 6.42. The molecule has 6 N–H and O–H groups in total. The minimum atomic E-state index is -2.79. The van der Waals surface area contributed by atoms with Crippen molar-refractivity contribution in [3.63, 3.8) is 0 Å². The number of rotatable bonds is 11. The average molecular weight is 508 g/mol. The van der Waals surface area contributed by atoms with Crippen LogP contribution in [0.5, 0.6) is 5.75 Å². The number of esters is 1. The molecule has 0 saturated heterocycles. The maximum Gasteiger partial charge on any atom is 0.365 e. The highest BCUT2D eigenvalue weighted by atomic mass is 16.6. The van der Waals surface area contributed by atoms with Crippen molar-refractivity contribution in [3.8, 4) is 5.75 Å². The maximum absolute atomic E-state index is 13.1. The number of ether oxygens (including phenoxy) is 3. The number of hydrogen-bond acceptors (Lipinski definition) is 11. The number of aliphatic imine (C=N–C) groups is 1. The van der Waals surface area contributed by atoms with Gasteiger partial charge in [0, 0.05) is 12.7 Å². The van der Waals surface area contributed by atoms with Gasteiger partial charge < -0.3 is 45.7 Å². The van der Waals surface area contributed by atoms with Gasteiger partial charge >= 0.3 is 23.9 Å². The van der Waals surface area contributed by atoms with E-state index in [4.69, 9.17) is 25.1 Å². The molecular weight excluding hydrogens is 486 g/mol. The molecule has 1 aromatic carbocycles. The number of nitrogens with one attached hydrogen (secondary N) is 1. The summed E-state index contributed by atoms with van der Waals surface area (Å²) in [6.45, 7) is 2.09. The van der Waals surface area contributed by atoms with Crippen molar-refractivity contribution in [3.05, 3.63) is 42.0 Å². The number of carboxylic acids is 3. The molecule has 36 heavy (non-hydrogen) atoms. The van der Waals surface area contributed by atoms with Crippen molar-refractivity contribution in [2.75, 3.05) is 20.3 Å². The van der Waals surface area contributed by atoms with E-state index in [0.29, 0.717) is 0 Å². The van der Waals surface area contributed by atoms with Crippen LogP contribution in [-0.2, 0) is 38.2 Å². The van der Waals surface area contributed by atoms with E-state index in [9.17, 15) is 39.3 Å². The van der Waals surface area contributed by atoms with Gasteiger partial charge in [0.2, 0.25) is 12.1 Å². The minimum absolute atomic E-state index is 0.0857. The Morgan fingerprint density at radius 3 is 2.33 bits per heavy atom. The number of carboxylic acid groups (broad SMARTS) is 3. The third kappa shape index (κ3) is 6.01. The summed E-state index contributed by atoms with van der Waals surface area (Å²) in [5.74, 6) is -10.1. The molecule has 1 unspecified atom stereocenters. The van der Waals surface area contributed by atoms with E-state index in [1.807, 2.05) is 5.32 Å². The molecule has 0 saturated carbocycles. The molecule has 0 radical (unpaired) electrons. The molecular formula is C21H22N3O12-. The Kier molecular flexibility index (Phi) is 8.83. The highest BCUT2D eigenvalue weighted by Gasteiger charge is 2.54. The molecule has 1 aromatic rings. The van der Waals surface area contributed by atoms with Crippen LogP contribution < -0.4 is 16.2 Å². The predicted molar refractivity (Wildman–Crippen MR) is 115 cm³/mol. The van der Waals surface area contributed by atoms with Gasteiger partial charge in [-0.2, -0.15) is 0 Å². The second-order valence-corrected chi connectivity index (χ2v) is 7.36. The number of methoxy groups -OCH3 is 1. The van der Waals surface area contributed by atoms with Gasteiger partial charge in [-0.25, -0.2) is 14.6 Å². The van der Waals surface area contributed by atoms with Crippen LogP contribution in [-0.4, -0.2) is 89.1 Å². The predicted octanol–water partition coefficient (Wildman–Crippen LogP) is -2.22. The van der Waals surface area contributed by atoms with Crippen molar-refractivity contribution < 1.29 is 58.6 Å². The lowest BCUT2D eigenvalue weighted by Gasteiger charge is -2.37. The standard InChI is InChI=1S/C21H23N3O12/c1-9-7-35-19(23-14(9)18(31)32)21(34-2,20(33)36-8-12(22)16(27)28)24-15(26)13(17(29)30)10-3-5-11(25)6-4-10/h3-6,12-13,19,25H,1,7-8,22H2,2H3,(H,24,26)(H,27,28)(H,29,30)(H,31,32)/p-1/t12-,13?,19-,21-/m0/s1. The first-order valence-corrected chi connectivity index (χ1v) is 9.97. The third-order valence-corrected chi connectivity index (χ3v) is 4.91. The maximum atomic E-state index is 13.1. The second-order valence-electron chi connectivity index (χ2n) is 7.36. The molecule has 0 aromatic heterocycles. The number of aliphatic carboxylic acids is 3. The second kappa shape index (κ2) is 11.4. The summed E-state index contributed by atoms with van der Waals surface area (Å²) in [6.07, 6.45) is -1.94. The molecule has 194 valence electrons. The number of amides is 1. The normalized spacial score (nSPS) is 18.7. The molecule has 4 atom stereocenters. The van der Waals surface area contributed by atoms with E-state index < -0.39 is 78.4 Å². The molecule has 2 rings (SSSR count). The molecule has 1 amide bonds. The van der Waals surface area contributed by atoms with E-state index in [2.05, 4.69) is 11.6 Å². The van der Waals surface area contributed by atoms with Crippen LogP contribution in [0.3, 0.4) is 0 Å². The fraction of sp³-hybridized carbons (Fsp3) is 0.333. The van der Waals surface area contributed by atoms with E-state index >= 15 is 0 Å². The molecule has 15 heteroatoms. The Morgan fingerprint density at radius 1 is 1.22 bits per heavy atom. The van der Waals surface area contributed by atoms with Gasteiger partial charge in [0.05, 0.1) is 6.61 Å². The molecule has 0 aliphatic carbocycles. The van der Waals surface area contributed by atoms with Gasteiger partial charge in [-0.15, -0.1) is 5.75 Å². The topological polar surface area (TPSA) is 247 Å². The van der Waals surface area contributed by atoms with Gasteiger partial charge in [-0.3, -0.25) is 14.4 Å². The number of carbonyl (C=O) groups excluding carboxylic acids is 2. The van der Waals surface area contributed by atoms with Crippen LogP contribution in [0.4, 0.5) is 0 Å². The monoisotopic (exact) mass is 508 g/mol. The van der Waals surface area contributed by atoms with Gasteiger partial charge in [-0.05, 0) is 5.56 Å². The van der Waals surface area contributed by atoms with Crippen molar-refractivity contribution in [2.24, 2.45) is 10.7 Å². The summed E-state index contributed by atoms with van der Waals surface area (Å²) in [7, 11) is 0.878. The fourth-order valence-electron chi connectivity index (χ4n) is 3.02. The lowest BCUT2D eigenvalue weighted by Crippen LogP contribution is -2.66. The number of carbonyl (C=O) groups is 5. The molecule has 0 bridgehead atoms. The van der Waals surface area contributed by atoms with Crippen molar-refractivity contribution in [1.29, 1.82) is 0 Å². The van der Waals surface area contributed by atoms with Crippen LogP contribution >= 0.6 is 0 Å². The summed E-state index contributed by atoms with van der Waals surface area (Å²) in [4.78, 5) is 64.3. The highest BCUT2D eigenvalue weighted by Crippen LogP contribution is 2.27. The van der Waals surface area contributed by atoms with Gasteiger partial charge in [0.15, 0.2) is 11.6 Å². The molecule has 1 aliphatic rings. The first-order valence-electron chi connectivity index (χ1n) is 9.97. The molecule has 1 heterocycles. The van der Waals surface area contributed by atoms with E-state index in [-0.39, 0.29) is 11.1 Å². The first-order chi connectivity index (χ1) is 16.8. The first kappa shape index (κ1) is 27.9. The van der Waals surface area contributed by atoms with E-state index in [0.717, 1.165) is 31.4 Å². The summed E-state index contributed by atoms with van der Waals surface area (Å²) in [5.41, 5.74) is 1.69. The summed E-state index contributed by atoms with van der Waals surface area (Å²) >= 11 is 0.